The van der Waals surface area contributed by atoms with Crippen LogP contribution >= 0.6 is 0 Å². The van der Waals surface area contributed by atoms with Crippen LogP contribution in [-0.4, -0.2) is 4.57 Å². The standard InChI is InChI=1S/C59H40N2/c1-5-18-41(19-6-1)42-22-17-25-46(36-42)59(45-23-7-2-8-24-45)55-38-44-21-14-13-20-43(44)37-53(55)51-34-32-50(40-56(51)59)60(47-26-9-3-10-27-47)49-33-35-58-54(39-49)52-30-15-16-31-57(52)61(58)48-28-11-4-12-29-48/h1-40H. The SMILES string of the molecule is c1ccc(-c2cccc(C3(c4ccccc4)c4cc(N(c5ccccc5)c5ccc6c(c5)c5ccccc5n6-c5ccccc5)ccc4-c4cc5ccccc5cc43)c2)cc1. The molecule has 1 aliphatic rings. The Kier molecular flexibility index (Phi) is 8.11. The minimum Gasteiger partial charge on any atom is -0.310 e. The van der Waals surface area contributed by atoms with Gasteiger partial charge in [-0.05, 0) is 134 Å². The zero-order valence-electron chi connectivity index (χ0n) is 33.5. The van der Waals surface area contributed by atoms with Crippen LogP contribution in [0.5, 0.6) is 0 Å². The van der Waals surface area contributed by atoms with E-state index in [4.69, 9.17) is 0 Å². The van der Waals surface area contributed by atoms with Crippen molar-refractivity contribution >= 4 is 49.6 Å². The van der Waals surface area contributed by atoms with Crippen LogP contribution in [0.1, 0.15) is 22.3 Å². The lowest BCUT2D eigenvalue weighted by atomic mass is 9.67. The fourth-order valence-electron chi connectivity index (χ4n) is 10.2. The Labute approximate surface area is 355 Å². The molecule has 0 fully saturated rings. The summed E-state index contributed by atoms with van der Waals surface area (Å²) in [5.74, 6) is 0. The number of fused-ring (bicyclic) bond motifs is 7. The summed E-state index contributed by atoms with van der Waals surface area (Å²) in [4.78, 5) is 2.43. The maximum Gasteiger partial charge on any atom is 0.0714 e. The Morgan fingerprint density at radius 1 is 0.328 bits per heavy atom. The number of hydrogen-bond donors (Lipinski definition) is 0. The number of anilines is 3. The molecular weight excluding hydrogens is 737 g/mol. The largest absolute Gasteiger partial charge is 0.310 e. The Balaban J connectivity index is 1.14. The first-order chi connectivity index (χ1) is 30.3. The highest BCUT2D eigenvalue weighted by Crippen LogP contribution is 2.58. The van der Waals surface area contributed by atoms with Crippen LogP contribution in [-0.2, 0) is 5.41 Å². The summed E-state index contributed by atoms with van der Waals surface area (Å²) in [5, 5.41) is 4.93. The van der Waals surface area contributed by atoms with Gasteiger partial charge in [-0.3, -0.25) is 0 Å². The molecule has 1 aromatic heterocycles. The third-order valence-electron chi connectivity index (χ3n) is 12.8. The third kappa shape index (κ3) is 5.50. The fourth-order valence-corrected chi connectivity index (χ4v) is 10.2. The molecule has 0 amide bonds. The maximum atomic E-state index is 2.48. The van der Waals surface area contributed by atoms with Gasteiger partial charge < -0.3 is 9.47 Å². The predicted octanol–water partition coefficient (Wildman–Crippen LogP) is 15.4. The number of nitrogens with zero attached hydrogens (tertiary/aromatic N) is 2. The molecule has 0 saturated heterocycles. The lowest BCUT2D eigenvalue weighted by Gasteiger charge is -2.35. The molecule has 0 saturated carbocycles. The van der Waals surface area contributed by atoms with Crippen LogP contribution in [0.4, 0.5) is 17.1 Å². The highest BCUT2D eigenvalue weighted by atomic mass is 15.1. The fraction of sp³-hybridized carbons (Fsp3) is 0.0169. The van der Waals surface area contributed by atoms with Crippen molar-refractivity contribution in [2.45, 2.75) is 5.41 Å². The van der Waals surface area contributed by atoms with E-state index in [-0.39, 0.29) is 0 Å². The monoisotopic (exact) mass is 776 g/mol. The van der Waals surface area contributed by atoms with E-state index < -0.39 is 5.41 Å². The van der Waals surface area contributed by atoms with Gasteiger partial charge in [0.2, 0.25) is 0 Å². The molecule has 1 unspecified atom stereocenters. The van der Waals surface area contributed by atoms with E-state index >= 15 is 0 Å². The second-order valence-electron chi connectivity index (χ2n) is 16.1. The third-order valence-corrected chi connectivity index (χ3v) is 12.8. The summed E-state index contributed by atoms with van der Waals surface area (Å²) in [6, 6.07) is 89.3. The molecule has 61 heavy (non-hydrogen) atoms. The van der Waals surface area contributed by atoms with Gasteiger partial charge in [0.15, 0.2) is 0 Å². The molecule has 0 bridgehead atoms. The zero-order chi connectivity index (χ0) is 40.3. The second-order valence-corrected chi connectivity index (χ2v) is 16.1. The average Bonchev–Trinajstić information content (AvgIpc) is 3.81. The molecule has 0 spiro atoms. The Hall–Kier alpha value is -7.94. The Bertz CT molecular complexity index is 3410. The van der Waals surface area contributed by atoms with E-state index in [1.807, 2.05) is 0 Å². The summed E-state index contributed by atoms with van der Waals surface area (Å²) in [6.45, 7) is 0. The first-order valence-corrected chi connectivity index (χ1v) is 21.1. The van der Waals surface area contributed by atoms with Crippen LogP contribution in [0.3, 0.4) is 0 Å². The first-order valence-electron chi connectivity index (χ1n) is 21.1. The van der Waals surface area contributed by atoms with Gasteiger partial charge in [-0.1, -0.05) is 164 Å². The summed E-state index contributed by atoms with van der Waals surface area (Å²) in [5.41, 5.74) is 16.2. The van der Waals surface area contributed by atoms with E-state index in [1.165, 1.54) is 77.1 Å². The van der Waals surface area contributed by atoms with Crippen LogP contribution in [0.25, 0.3) is 60.5 Å². The summed E-state index contributed by atoms with van der Waals surface area (Å²) in [7, 11) is 0. The molecule has 1 aliphatic carbocycles. The number of para-hydroxylation sites is 3. The van der Waals surface area contributed by atoms with Gasteiger partial charge in [0.25, 0.3) is 0 Å². The molecule has 0 aliphatic heterocycles. The summed E-state index contributed by atoms with van der Waals surface area (Å²) < 4.78 is 2.38. The van der Waals surface area contributed by atoms with Crippen molar-refractivity contribution in [1.29, 1.82) is 0 Å². The van der Waals surface area contributed by atoms with Crippen molar-refractivity contribution in [3.8, 4) is 27.9 Å². The molecular formula is C59H40N2. The minimum atomic E-state index is -0.605. The molecule has 10 aromatic carbocycles. The molecule has 11 aromatic rings. The van der Waals surface area contributed by atoms with E-state index in [0.29, 0.717) is 0 Å². The van der Waals surface area contributed by atoms with Crippen molar-refractivity contribution in [2.24, 2.45) is 0 Å². The highest BCUT2D eigenvalue weighted by Gasteiger charge is 2.47. The Morgan fingerprint density at radius 3 is 1.69 bits per heavy atom. The van der Waals surface area contributed by atoms with Crippen LogP contribution in [0, 0.1) is 0 Å². The first kappa shape index (κ1) is 35.0. The number of rotatable bonds is 7. The molecule has 0 radical (unpaired) electrons. The van der Waals surface area contributed by atoms with Crippen LogP contribution in [0.15, 0.2) is 243 Å². The van der Waals surface area contributed by atoms with Crippen molar-refractivity contribution in [2.75, 3.05) is 4.90 Å². The van der Waals surface area contributed by atoms with Crippen molar-refractivity contribution in [1.82, 2.24) is 4.57 Å². The number of aromatic nitrogens is 1. The van der Waals surface area contributed by atoms with Crippen LogP contribution in [0.2, 0.25) is 0 Å². The lowest BCUT2D eigenvalue weighted by Crippen LogP contribution is -2.29. The molecule has 1 heterocycles. The number of hydrogen-bond acceptors (Lipinski definition) is 1. The van der Waals surface area contributed by atoms with E-state index in [1.54, 1.807) is 0 Å². The molecule has 1 atom stereocenters. The zero-order valence-corrected chi connectivity index (χ0v) is 33.5. The molecule has 2 nitrogen and oxygen atoms in total. The van der Waals surface area contributed by atoms with Crippen molar-refractivity contribution in [3.05, 3.63) is 265 Å². The maximum absolute atomic E-state index is 2.48. The van der Waals surface area contributed by atoms with E-state index in [2.05, 4.69) is 252 Å². The Morgan fingerprint density at radius 2 is 0.902 bits per heavy atom. The van der Waals surface area contributed by atoms with Gasteiger partial charge in [-0.25, -0.2) is 0 Å². The van der Waals surface area contributed by atoms with Gasteiger partial charge in [0.05, 0.1) is 16.4 Å². The minimum absolute atomic E-state index is 0.605. The van der Waals surface area contributed by atoms with Gasteiger partial charge in [0.1, 0.15) is 0 Å². The van der Waals surface area contributed by atoms with Gasteiger partial charge in [-0.2, -0.15) is 0 Å². The molecule has 286 valence electrons. The smallest absolute Gasteiger partial charge is 0.0714 e. The summed E-state index contributed by atoms with van der Waals surface area (Å²) >= 11 is 0. The molecule has 2 heteroatoms. The predicted molar refractivity (Wildman–Crippen MR) is 256 cm³/mol. The van der Waals surface area contributed by atoms with Crippen LogP contribution < -0.4 is 4.90 Å². The second kappa shape index (κ2) is 14.1. The molecule has 12 rings (SSSR count). The summed E-state index contributed by atoms with van der Waals surface area (Å²) in [6.07, 6.45) is 0. The van der Waals surface area contributed by atoms with Gasteiger partial charge in [-0.15, -0.1) is 0 Å². The normalized spacial score (nSPS) is 14.3. The van der Waals surface area contributed by atoms with Gasteiger partial charge >= 0.3 is 0 Å². The topological polar surface area (TPSA) is 8.17 Å². The lowest BCUT2D eigenvalue weighted by molar-refractivity contribution is 0.770. The number of benzene rings is 10. The molecule has 0 N–H and O–H groups in total. The van der Waals surface area contributed by atoms with Crippen molar-refractivity contribution < 1.29 is 0 Å². The van der Waals surface area contributed by atoms with E-state index in [9.17, 15) is 0 Å². The van der Waals surface area contributed by atoms with Crippen molar-refractivity contribution in [3.63, 3.8) is 0 Å². The van der Waals surface area contributed by atoms with E-state index in [0.717, 1.165) is 22.7 Å². The average molecular weight is 777 g/mol. The van der Waals surface area contributed by atoms with Gasteiger partial charge in [0, 0.05) is 33.5 Å². The highest BCUT2D eigenvalue weighted by molar-refractivity contribution is 6.11. The quantitative estimate of drug-likeness (QED) is 0.156.